The van der Waals surface area contributed by atoms with Gasteiger partial charge in [0.1, 0.15) is 0 Å². The normalized spacial score (nSPS) is 15.2. The fourth-order valence-corrected chi connectivity index (χ4v) is 3.54. The summed E-state index contributed by atoms with van der Waals surface area (Å²) in [7, 11) is -1.87. The van der Waals surface area contributed by atoms with Crippen LogP contribution in [0.4, 0.5) is 0 Å². The highest BCUT2D eigenvalue weighted by Gasteiger charge is 2.14. The zero-order valence-electron chi connectivity index (χ0n) is 13.3. The molecule has 0 heterocycles. The van der Waals surface area contributed by atoms with Crippen LogP contribution in [0.2, 0.25) is 5.02 Å². The molecule has 1 aromatic carbocycles. The molecule has 2 rings (SSSR count). The second-order valence-corrected chi connectivity index (χ2v) is 7.34. The minimum Gasteiger partial charge on any atom is -0.355 e. The van der Waals surface area contributed by atoms with Gasteiger partial charge in [-0.1, -0.05) is 29.8 Å². The molecule has 9 heteroatoms. The summed E-state index contributed by atoms with van der Waals surface area (Å²) >= 11 is 5.82. The van der Waals surface area contributed by atoms with E-state index in [1.165, 1.54) is 12.1 Å². The Morgan fingerprint density at radius 2 is 2.00 bits per heavy atom. The molecule has 0 spiro atoms. The van der Waals surface area contributed by atoms with Gasteiger partial charge in [-0.2, -0.15) is 0 Å². The maximum Gasteiger partial charge on any atom is 0.240 e. The highest BCUT2D eigenvalue weighted by Crippen LogP contribution is 2.14. The topological polar surface area (TPSA) is 82.6 Å². The Hall–Kier alpha value is -0.840. The molecule has 134 valence electrons. The van der Waals surface area contributed by atoms with Crippen molar-refractivity contribution in [2.75, 3.05) is 20.1 Å². The minimum atomic E-state index is -3.55. The second-order valence-electron chi connectivity index (χ2n) is 5.14. The number of benzene rings is 1. The van der Waals surface area contributed by atoms with Crippen molar-refractivity contribution in [2.24, 2.45) is 4.99 Å². The molecular formula is C15H22ClIN4O2S. The second kappa shape index (κ2) is 10.2. The summed E-state index contributed by atoms with van der Waals surface area (Å²) in [6, 6.07) is 6.52. The van der Waals surface area contributed by atoms with Crippen LogP contribution in [0, 0.1) is 0 Å². The number of aliphatic imine (C=N–C) groups is 1. The molecule has 0 aromatic heterocycles. The number of sulfonamides is 1. The van der Waals surface area contributed by atoms with E-state index in [-0.39, 0.29) is 35.4 Å². The van der Waals surface area contributed by atoms with E-state index in [1.54, 1.807) is 19.2 Å². The van der Waals surface area contributed by atoms with Crippen molar-refractivity contribution in [3.8, 4) is 0 Å². The van der Waals surface area contributed by atoms with Crippen molar-refractivity contribution in [1.82, 2.24) is 15.4 Å². The lowest BCUT2D eigenvalue weighted by atomic mass is 10.2. The summed E-state index contributed by atoms with van der Waals surface area (Å²) in [5.41, 5.74) is 0. The molecule has 6 nitrogen and oxygen atoms in total. The Labute approximate surface area is 165 Å². The molecule has 0 saturated heterocycles. The van der Waals surface area contributed by atoms with Gasteiger partial charge in [-0.3, -0.25) is 4.99 Å². The van der Waals surface area contributed by atoms with Crippen molar-refractivity contribution in [1.29, 1.82) is 0 Å². The summed E-state index contributed by atoms with van der Waals surface area (Å²) in [5.74, 6) is 0.667. The van der Waals surface area contributed by atoms with Crippen LogP contribution in [0.15, 0.2) is 46.3 Å². The molecule has 1 aromatic rings. The van der Waals surface area contributed by atoms with Crippen LogP contribution < -0.4 is 15.4 Å². The Morgan fingerprint density at radius 3 is 2.62 bits per heavy atom. The lowest BCUT2D eigenvalue weighted by Crippen LogP contribution is -2.45. The molecule has 1 aliphatic rings. The zero-order valence-corrected chi connectivity index (χ0v) is 17.2. The number of hydrogen-bond acceptors (Lipinski definition) is 3. The number of halogens is 2. The van der Waals surface area contributed by atoms with Crippen molar-refractivity contribution in [3.05, 3.63) is 41.4 Å². The van der Waals surface area contributed by atoms with Crippen molar-refractivity contribution in [3.63, 3.8) is 0 Å². The van der Waals surface area contributed by atoms with E-state index in [0.29, 0.717) is 23.6 Å². The smallest absolute Gasteiger partial charge is 0.240 e. The molecule has 0 unspecified atom stereocenters. The fraction of sp³-hybridized carbons (Fsp3) is 0.400. The molecule has 0 fully saturated rings. The maximum absolute atomic E-state index is 12.1. The van der Waals surface area contributed by atoms with Crippen LogP contribution in [0.5, 0.6) is 0 Å². The molecule has 24 heavy (non-hydrogen) atoms. The summed E-state index contributed by atoms with van der Waals surface area (Å²) in [4.78, 5) is 4.28. The molecule has 3 N–H and O–H groups in total. The summed E-state index contributed by atoms with van der Waals surface area (Å²) in [6.07, 6.45) is 6.21. The van der Waals surface area contributed by atoms with E-state index in [4.69, 9.17) is 11.6 Å². The largest absolute Gasteiger partial charge is 0.355 e. The maximum atomic E-state index is 12.1. The highest BCUT2D eigenvalue weighted by atomic mass is 127. The molecular weight excluding hydrogens is 463 g/mol. The number of nitrogens with zero attached hydrogens (tertiary/aromatic N) is 1. The first-order valence-electron chi connectivity index (χ1n) is 7.38. The average Bonchev–Trinajstić information content (AvgIpc) is 3.03. The van der Waals surface area contributed by atoms with Crippen LogP contribution in [-0.2, 0) is 10.0 Å². The third kappa shape index (κ3) is 6.58. The van der Waals surface area contributed by atoms with Gasteiger partial charge in [-0.25, -0.2) is 13.1 Å². The predicted molar refractivity (Wildman–Crippen MR) is 109 cm³/mol. The molecule has 0 aliphatic heterocycles. The van der Waals surface area contributed by atoms with E-state index >= 15 is 0 Å². The third-order valence-electron chi connectivity index (χ3n) is 3.39. The van der Waals surface area contributed by atoms with E-state index in [2.05, 4.69) is 32.5 Å². The van der Waals surface area contributed by atoms with Crippen molar-refractivity contribution < 1.29 is 8.42 Å². The van der Waals surface area contributed by atoms with Gasteiger partial charge in [0, 0.05) is 31.2 Å². The zero-order chi connectivity index (χ0) is 16.7. The van der Waals surface area contributed by atoms with Crippen LogP contribution in [0.3, 0.4) is 0 Å². The minimum absolute atomic E-state index is 0. The standard InChI is InChI=1S/C15H21ClN4O2S.HI/c1-17-15(20-13-6-2-3-7-13)18-9-10-19-23(21,22)14-8-4-5-12(16)11-14;/h2-5,8,11,13,19H,6-7,9-10H2,1H3,(H2,17,18,20);1H. The van der Waals surface area contributed by atoms with Crippen LogP contribution >= 0.6 is 35.6 Å². The Bertz CT molecular complexity index is 686. The first-order valence-corrected chi connectivity index (χ1v) is 9.25. The van der Waals surface area contributed by atoms with Gasteiger partial charge in [-0.15, -0.1) is 24.0 Å². The van der Waals surface area contributed by atoms with Crippen LogP contribution in [-0.4, -0.2) is 40.6 Å². The van der Waals surface area contributed by atoms with Gasteiger partial charge in [0.05, 0.1) is 4.90 Å². The van der Waals surface area contributed by atoms with E-state index in [9.17, 15) is 8.42 Å². The van der Waals surface area contributed by atoms with Crippen molar-refractivity contribution in [2.45, 2.75) is 23.8 Å². The van der Waals surface area contributed by atoms with Gasteiger partial charge < -0.3 is 10.6 Å². The molecule has 0 atom stereocenters. The Morgan fingerprint density at radius 1 is 1.29 bits per heavy atom. The highest BCUT2D eigenvalue weighted by molar-refractivity contribution is 14.0. The number of nitrogens with one attached hydrogen (secondary N) is 3. The molecule has 0 bridgehead atoms. The molecule has 1 aliphatic carbocycles. The SMILES string of the molecule is CN=C(NCCNS(=O)(=O)c1cccc(Cl)c1)NC1CC=CC1.I. The monoisotopic (exact) mass is 484 g/mol. The first kappa shape index (κ1) is 21.2. The molecule has 0 radical (unpaired) electrons. The van der Waals surface area contributed by atoms with Gasteiger partial charge in [0.15, 0.2) is 5.96 Å². The van der Waals surface area contributed by atoms with E-state index in [1.807, 2.05) is 0 Å². The summed E-state index contributed by atoms with van der Waals surface area (Å²) < 4.78 is 26.8. The van der Waals surface area contributed by atoms with Gasteiger partial charge >= 0.3 is 0 Å². The van der Waals surface area contributed by atoms with Gasteiger partial charge in [0.25, 0.3) is 0 Å². The molecule has 0 amide bonds. The average molecular weight is 485 g/mol. The van der Waals surface area contributed by atoms with E-state index in [0.717, 1.165) is 12.8 Å². The summed E-state index contributed by atoms with van der Waals surface area (Å²) in [6.45, 7) is 0.679. The number of hydrogen-bond donors (Lipinski definition) is 3. The predicted octanol–water partition coefficient (Wildman–Crippen LogP) is 2.12. The number of rotatable bonds is 6. The quantitative estimate of drug-likeness (QED) is 0.190. The lowest BCUT2D eigenvalue weighted by molar-refractivity contribution is 0.579. The molecule has 0 saturated carbocycles. The Kier molecular flexibility index (Phi) is 9.03. The Balaban J connectivity index is 0.00000288. The van der Waals surface area contributed by atoms with Crippen LogP contribution in [0.25, 0.3) is 0 Å². The number of guanidine groups is 1. The lowest BCUT2D eigenvalue weighted by Gasteiger charge is -2.17. The van der Waals surface area contributed by atoms with Gasteiger partial charge in [-0.05, 0) is 31.0 Å². The van der Waals surface area contributed by atoms with Crippen LogP contribution in [0.1, 0.15) is 12.8 Å². The third-order valence-corrected chi connectivity index (χ3v) is 5.08. The van der Waals surface area contributed by atoms with E-state index < -0.39 is 10.0 Å². The first-order chi connectivity index (χ1) is 11.0. The summed E-state index contributed by atoms with van der Waals surface area (Å²) in [5, 5.41) is 6.76. The van der Waals surface area contributed by atoms with Gasteiger partial charge in [0.2, 0.25) is 10.0 Å². The fourth-order valence-electron chi connectivity index (χ4n) is 2.21. The van der Waals surface area contributed by atoms with Crippen molar-refractivity contribution >= 4 is 51.6 Å².